The fraction of sp³-hybridized carbons (Fsp3) is 0.429. The molecule has 0 aliphatic rings. The number of imidazole rings is 1. The van der Waals surface area contributed by atoms with E-state index in [0.717, 1.165) is 16.9 Å². The molecule has 20 heavy (non-hydrogen) atoms. The first-order chi connectivity index (χ1) is 9.38. The first-order valence-corrected chi connectivity index (χ1v) is 6.61. The summed E-state index contributed by atoms with van der Waals surface area (Å²) in [5.74, 6) is 0.826. The van der Waals surface area contributed by atoms with E-state index in [1.165, 1.54) is 0 Å². The first kappa shape index (κ1) is 14.2. The number of aryl methyl sites for hydroxylation is 1. The number of nitrogens with zero attached hydrogens (tertiary/aromatic N) is 3. The summed E-state index contributed by atoms with van der Waals surface area (Å²) in [5, 5.41) is 2.86. The van der Waals surface area contributed by atoms with Crippen molar-refractivity contribution in [2.75, 3.05) is 12.8 Å². The summed E-state index contributed by atoms with van der Waals surface area (Å²) in [6.45, 7) is 4.32. The Kier molecular flexibility index (Phi) is 3.83. The monoisotopic (exact) mass is 275 g/mol. The van der Waals surface area contributed by atoms with Crippen LogP contribution >= 0.6 is 0 Å². The number of anilines is 1. The molecule has 2 rings (SSSR count). The molecule has 0 bridgehead atoms. The SMILES string of the molecule is CC(C)NC(=O)N(C)Cc1nc2cc(N)ccc2n1C. The summed E-state index contributed by atoms with van der Waals surface area (Å²) in [5.41, 5.74) is 8.31. The Morgan fingerprint density at radius 1 is 1.50 bits per heavy atom. The molecule has 2 aromatic rings. The minimum Gasteiger partial charge on any atom is -0.399 e. The van der Waals surface area contributed by atoms with E-state index in [2.05, 4.69) is 10.3 Å². The Morgan fingerprint density at radius 2 is 2.20 bits per heavy atom. The van der Waals surface area contributed by atoms with Gasteiger partial charge in [0.2, 0.25) is 0 Å². The second kappa shape index (κ2) is 5.40. The minimum absolute atomic E-state index is 0.105. The van der Waals surface area contributed by atoms with Gasteiger partial charge in [-0.1, -0.05) is 0 Å². The number of nitrogens with two attached hydrogens (primary N) is 1. The lowest BCUT2D eigenvalue weighted by Gasteiger charge is -2.19. The van der Waals surface area contributed by atoms with Crippen molar-refractivity contribution in [3.63, 3.8) is 0 Å². The van der Waals surface area contributed by atoms with Crippen LogP contribution in [-0.4, -0.2) is 33.6 Å². The van der Waals surface area contributed by atoms with E-state index in [-0.39, 0.29) is 12.1 Å². The predicted octanol–water partition coefficient (Wildman–Crippen LogP) is 1.71. The topological polar surface area (TPSA) is 76.2 Å². The highest BCUT2D eigenvalue weighted by atomic mass is 16.2. The van der Waals surface area contributed by atoms with Gasteiger partial charge in [-0.15, -0.1) is 0 Å². The van der Waals surface area contributed by atoms with Gasteiger partial charge in [0.25, 0.3) is 0 Å². The van der Waals surface area contributed by atoms with Crippen LogP contribution in [0.3, 0.4) is 0 Å². The zero-order chi connectivity index (χ0) is 14.9. The third-order valence-electron chi connectivity index (χ3n) is 3.13. The summed E-state index contributed by atoms with van der Waals surface area (Å²) >= 11 is 0. The van der Waals surface area contributed by atoms with E-state index in [1.807, 2.05) is 43.7 Å². The number of rotatable bonds is 3. The summed E-state index contributed by atoms with van der Waals surface area (Å²) < 4.78 is 1.98. The second-order valence-corrected chi connectivity index (χ2v) is 5.30. The van der Waals surface area contributed by atoms with Gasteiger partial charge in [-0.25, -0.2) is 9.78 Å². The highest BCUT2D eigenvalue weighted by Gasteiger charge is 2.14. The molecular formula is C14H21N5O. The van der Waals surface area contributed by atoms with Gasteiger partial charge in [0.15, 0.2) is 0 Å². The molecule has 0 atom stereocenters. The molecule has 0 saturated heterocycles. The van der Waals surface area contributed by atoms with E-state index in [0.29, 0.717) is 12.2 Å². The summed E-state index contributed by atoms with van der Waals surface area (Å²) in [6.07, 6.45) is 0. The standard InChI is InChI=1S/C14H21N5O/c1-9(2)16-14(20)18(3)8-13-17-11-7-10(15)5-6-12(11)19(13)4/h5-7,9H,8,15H2,1-4H3,(H,16,20). The fourth-order valence-corrected chi connectivity index (χ4v) is 2.05. The zero-order valence-corrected chi connectivity index (χ0v) is 12.3. The molecule has 0 fully saturated rings. The van der Waals surface area contributed by atoms with Gasteiger partial charge in [0.1, 0.15) is 5.82 Å². The van der Waals surface area contributed by atoms with Crippen molar-refractivity contribution < 1.29 is 4.79 Å². The Balaban J connectivity index is 2.21. The van der Waals surface area contributed by atoms with E-state index in [1.54, 1.807) is 11.9 Å². The molecule has 0 unspecified atom stereocenters. The molecule has 6 nitrogen and oxygen atoms in total. The number of hydrogen-bond donors (Lipinski definition) is 2. The highest BCUT2D eigenvalue weighted by molar-refractivity contribution is 5.80. The number of carbonyl (C=O) groups is 1. The maximum atomic E-state index is 11.9. The Hall–Kier alpha value is -2.24. The van der Waals surface area contributed by atoms with E-state index in [4.69, 9.17) is 5.73 Å². The summed E-state index contributed by atoms with van der Waals surface area (Å²) in [7, 11) is 3.69. The summed E-state index contributed by atoms with van der Waals surface area (Å²) in [4.78, 5) is 18.0. The van der Waals surface area contributed by atoms with Crippen molar-refractivity contribution in [2.45, 2.75) is 26.4 Å². The van der Waals surface area contributed by atoms with Crippen LogP contribution in [0.25, 0.3) is 11.0 Å². The maximum Gasteiger partial charge on any atom is 0.317 e. The van der Waals surface area contributed by atoms with Crippen LogP contribution in [0.15, 0.2) is 18.2 Å². The molecule has 3 N–H and O–H groups in total. The Bertz CT molecular complexity index is 632. The maximum absolute atomic E-state index is 11.9. The average Bonchev–Trinajstić information content (AvgIpc) is 2.64. The van der Waals surface area contributed by atoms with Crippen LogP contribution in [0.4, 0.5) is 10.5 Å². The highest BCUT2D eigenvalue weighted by Crippen LogP contribution is 2.18. The predicted molar refractivity (Wildman–Crippen MR) is 80.3 cm³/mol. The van der Waals surface area contributed by atoms with E-state index < -0.39 is 0 Å². The lowest BCUT2D eigenvalue weighted by atomic mass is 10.3. The molecule has 0 radical (unpaired) electrons. The van der Waals surface area contributed by atoms with Gasteiger partial charge in [0, 0.05) is 25.8 Å². The van der Waals surface area contributed by atoms with Crippen molar-refractivity contribution >= 4 is 22.8 Å². The molecule has 108 valence electrons. The molecule has 1 aromatic carbocycles. The number of amides is 2. The molecule has 6 heteroatoms. The third kappa shape index (κ3) is 2.84. The quantitative estimate of drug-likeness (QED) is 0.837. The number of benzene rings is 1. The molecule has 0 saturated carbocycles. The van der Waals surface area contributed by atoms with Crippen LogP contribution in [0, 0.1) is 0 Å². The molecule has 1 heterocycles. The zero-order valence-electron chi connectivity index (χ0n) is 12.3. The van der Waals surface area contributed by atoms with Gasteiger partial charge >= 0.3 is 6.03 Å². The number of nitrogen functional groups attached to an aromatic ring is 1. The average molecular weight is 275 g/mol. The van der Waals surface area contributed by atoms with Gasteiger partial charge in [-0.05, 0) is 32.0 Å². The molecule has 0 aliphatic heterocycles. The van der Waals surface area contributed by atoms with Crippen LogP contribution in [0.2, 0.25) is 0 Å². The molecule has 0 aliphatic carbocycles. The third-order valence-corrected chi connectivity index (χ3v) is 3.13. The molecule has 0 spiro atoms. The van der Waals surface area contributed by atoms with Crippen LogP contribution in [0.5, 0.6) is 0 Å². The lowest BCUT2D eigenvalue weighted by molar-refractivity contribution is 0.203. The molecule has 1 aromatic heterocycles. The van der Waals surface area contributed by atoms with Crippen molar-refractivity contribution in [3.05, 3.63) is 24.0 Å². The van der Waals surface area contributed by atoms with Gasteiger partial charge < -0.3 is 20.5 Å². The van der Waals surface area contributed by atoms with Crippen molar-refractivity contribution in [1.29, 1.82) is 0 Å². The number of carbonyl (C=O) groups excluding carboxylic acids is 1. The second-order valence-electron chi connectivity index (χ2n) is 5.30. The number of hydrogen-bond acceptors (Lipinski definition) is 3. The number of fused-ring (bicyclic) bond motifs is 1. The lowest BCUT2D eigenvalue weighted by Crippen LogP contribution is -2.40. The Morgan fingerprint density at radius 3 is 2.85 bits per heavy atom. The van der Waals surface area contributed by atoms with Gasteiger partial charge in [0.05, 0.1) is 17.6 Å². The van der Waals surface area contributed by atoms with Crippen LogP contribution in [0.1, 0.15) is 19.7 Å². The Labute approximate surface area is 118 Å². The van der Waals surface area contributed by atoms with E-state index in [9.17, 15) is 4.79 Å². The smallest absolute Gasteiger partial charge is 0.317 e. The number of aromatic nitrogens is 2. The number of nitrogens with one attached hydrogen (secondary N) is 1. The number of urea groups is 1. The van der Waals surface area contributed by atoms with Crippen LogP contribution < -0.4 is 11.1 Å². The van der Waals surface area contributed by atoms with Crippen LogP contribution in [-0.2, 0) is 13.6 Å². The molecular weight excluding hydrogens is 254 g/mol. The fourth-order valence-electron chi connectivity index (χ4n) is 2.05. The van der Waals surface area contributed by atoms with E-state index >= 15 is 0 Å². The van der Waals surface area contributed by atoms with Crippen molar-refractivity contribution in [1.82, 2.24) is 19.8 Å². The van der Waals surface area contributed by atoms with Crippen molar-refractivity contribution in [3.8, 4) is 0 Å². The first-order valence-electron chi connectivity index (χ1n) is 6.61. The normalized spacial score (nSPS) is 11.1. The van der Waals surface area contributed by atoms with Gasteiger partial charge in [-0.2, -0.15) is 0 Å². The largest absolute Gasteiger partial charge is 0.399 e. The molecule has 2 amide bonds. The van der Waals surface area contributed by atoms with Gasteiger partial charge in [-0.3, -0.25) is 0 Å². The summed E-state index contributed by atoms with van der Waals surface area (Å²) in [6, 6.07) is 5.64. The van der Waals surface area contributed by atoms with Crippen molar-refractivity contribution in [2.24, 2.45) is 7.05 Å². The minimum atomic E-state index is -0.105.